The maximum atomic E-state index is 13.9. The standard InChI is InChI=1S/C24H30FN3O2/c1-30-16-23(29)28-14-20-13-27(12-18-7-5-17(6-8-18)9-10-26)15-22(20)24(28)19-3-2-4-21(25)11-19/h2-8,11,20,22,24H,9-10,12-16,26H2,1H3/t20-,22-,24+/m1/s1. The van der Waals surface area contributed by atoms with Crippen LogP contribution in [-0.2, 0) is 22.5 Å². The van der Waals surface area contributed by atoms with Crippen LogP contribution in [0.25, 0.3) is 0 Å². The zero-order chi connectivity index (χ0) is 21.1. The Labute approximate surface area is 177 Å². The summed E-state index contributed by atoms with van der Waals surface area (Å²) < 4.78 is 19.0. The number of methoxy groups -OCH3 is 1. The average molecular weight is 412 g/mol. The first-order chi connectivity index (χ1) is 14.6. The fourth-order valence-electron chi connectivity index (χ4n) is 5.08. The van der Waals surface area contributed by atoms with Gasteiger partial charge in [0.2, 0.25) is 5.91 Å². The lowest BCUT2D eigenvalue weighted by Gasteiger charge is -2.30. The molecule has 3 atom stereocenters. The van der Waals surface area contributed by atoms with E-state index in [1.807, 2.05) is 11.0 Å². The number of nitrogens with zero attached hydrogens (tertiary/aromatic N) is 2. The largest absolute Gasteiger partial charge is 0.375 e. The van der Waals surface area contributed by atoms with Crippen molar-refractivity contribution in [1.82, 2.24) is 9.80 Å². The Hall–Kier alpha value is -2.28. The molecule has 0 aromatic heterocycles. The fraction of sp³-hybridized carbons (Fsp3) is 0.458. The minimum absolute atomic E-state index is 0.0248. The smallest absolute Gasteiger partial charge is 0.249 e. The number of amides is 1. The molecule has 0 bridgehead atoms. The van der Waals surface area contributed by atoms with Gasteiger partial charge in [0.05, 0.1) is 6.04 Å². The zero-order valence-corrected chi connectivity index (χ0v) is 17.5. The van der Waals surface area contributed by atoms with Crippen LogP contribution in [-0.4, -0.2) is 55.6 Å². The summed E-state index contributed by atoms with van der Waals surface area (Å²) in [6.07, 6.45) is 0.898. The first kappa shape index (κ1) is 21.0. The molecule has 2 aromatic carbocycles. The Morgan fingerprint density at radius 3 is 2.60 bits per heavy atom. The molecule has 2 N–H and O–H groups in total. The van der Waals surface area contributed by atoms with Crippen LogP contribution in [0.2, 0.25) is 0 Å². The Kier molecular flexibility index (Phi) is 6.46. The van der Waals surface area contributed by atoms with Gasteiger partial charge in [-0.2, -0.15) is 0 Å². The van der Waals surface area contributed by atoms with Crippen molar-refractivity contribution in [3.63, 3.8) is 0 Å². The van der Waals surface area contributed by atoms with E-state index in [0.717, 1.165) is 31.6 Å². The van der Waals surface area contributed by atoms with Crippen LogP contribution in [0.1, 0.15) is 22.7 Å². The summed E-state index contributed by atoms with van der Waals surface area (Å²) in [7, 11) is 1.53. The molecular formula is C24H30FN3O2. The first-order valence-electron chi connectivity index (χ1n) is 10.6. The molecule has 0 radical (unpaired) electrons. The van der Waals surface area contributed by atoms with Crippen molar-refractivity contribution in [2.24, 2.45) is 17.6 Å². The molecule has 6 heteroatoms. The van der Waals surface area contributed by atoms with Gasteiger partial charge in [-0.25, -0.2) is 4.39 Å². The molecule has 0 unspecified atom stereocenters. The maximum Gasteiger partial charge on any atom is 0.249 e. The van der Waals surface area contributed by atoms with Gasteiger partial charge in [-0.15, -0.1) is 0 Å². The van der Waals surface area contributed by atoms with Crippen LogP contribution in [0.4, 0.5) is 4.39 Å². The van der Waals surface area contributed by atoms with Gasteiger partial charge in [0.1, 0.15) is 12.4 Å². The van der Waals surface area contributed by atoms with Crippen molar-refractivity contribution < 1.29 is 13.9 Å². The summed E-state index contributed by atoms with van der Waals surface area (Å²) in [4.78, 5) is 17.0. The third-order valence-corrected chi connectivity index (χ3v) is 6.38. The Morgan fingerprint density at radius 2 is 1.90 bits per heavy atom. The maximum absolute atomic E-state index is 13.9. The molecule has 2 aromatic rings. The molecule has 160 valence electrons. The van der Waals surface area contributed by atoms with Gasteiger partial charge >= 0.3 is 0 Å². The number of likely N-dealkylation sites (tertiary alicyclic amines) is 2. The molecule has 5 nitrogen and oxygen atoms in total. The Balaban J connectivity index is 1.50. The van der Waals surface area contributed by atoms with E-state index in [-0.39, 0.29) is 24.4 Å². The van der Waals surface area contributed by atoms with Crippen LogP contribution in [0.5, 0.6) is 0 Å². The number of ether oxygens (including phenoxy) is 1. The topological polar surface area (TPSA) is 58.8 Å². The van der Waals surface area contributed by atoms with Gasteiger partial charge in [-0.3, -0.25) is 9.69 Å². The number of carbonyl (C=O) groups is 1. The van der Waals surface area contributed by atoms with Gasteiger partial charge in [-0.05, 0) is 47.7 Å². The molecule has 0 aliphatic carbocycles. The molecule has 2 heterocycles. The van der Waals surface area contributed by atoms with E-state index in [2.05, 4.69) is 29.2 Å². The Morgan fingerprint density at radius 1 is 1.13 bits per heavy atom. The highest BCUT2D eigenvalue weighted by atomic mass is 19.1. The number of halogens is 1. The molecular weight excluding hydrogens is 381 g/mol. The summed E-state index contributed by atoms with van der Waals surface area (Å²) >= 11 is 0. The van der Waals surface area contributed by atoms with Crippen LogP contribution < -0.4 is 5.73 Å². The van der Waals surface area contributed by atoms with Crippen LogP contribution in [0, 0.1) is 17.7 Å². The second kappa shape index (κ2) is 9.25. The van der Waals surface area contributed by atoms with Crippen molar-refractivity contribution in [1.29, 1.82) is 0 Å². The zero-order valence-electron chi connectivity index (χ0n) is 17.5. The average Bonchev–Trinajstić information content (AvgIpc) is 3.27. The van der Waals surface area contributed by atoms with E-state index >= 15 is 0 Å². The van der Waals surface area contributed by atoms with Gasteiger partial charge < -0.3 is 15.4 Å². The van der Waals surface area contributed by atoms with E-state index in [1.54, 1.807) is 12.1 Å². The third-order valence-electron chi connectivity index (χ3n) is 6.38. The van der Waals surface area contributed by atoms with Crippen molar-refractivity contribution in [3.05, 3.63) is 71.0 Å². The highest BCUT2D eigenvalue weighted by Crippen LogP contribution is 2.45. The van der Waals surface area contributed by atoms with Crippen LogP contribution >= 0.6 is 0 Å². The van der Waals surface area contributed by atoms with E-state index < -0.39 is 0 Å². The van der Waals surface area contributed by atoms with E-state index in [1.165, 1.54) is 24.3 Å². The fourth-order valence-corrected chi connectivity index (χ4v) is 5.08. The number of hydrogen-bond acceptors (Lipinski definition) is 4. The quantitative estimate of drug-likeness (QED) is 0.761. The third kappa shape index (κ3) is 4.41. The predicted molar refractivity (Wildman–Crippen MR) is 114 cm³/mol. The summed E-state index contributed by atoms with van der Waals surface area (Å²) in [5, 5.41) is 0. The molecule has 2 fully saturated rings. The van der Waals surface area contributed by atoms with Crippen LogP contribution in [0.3, 0.4) is 0 Å². The second-order valence-electron chi connectivity index (χ2n) is 8.45. The summed E-state index contributed by atoms with van der Waals surface area (Å²) in [5.41, 5.74) is 9.06. The predicted octanol–water partition coefficient (Wildman–Crippen LogP) is 2.60. The van der Waals surface area contributed by atoms with Gasteiger partial charge in [0, 0.05) is 39.2 Å². The van der Waals surface area contributed by atoms with Crippen LogP contribution in [0.15, 0.2) is 48.5 Å². The number of benzene rings is 2. The molecule has 2 aliphatic rings. The summed E-state index contributed by atoms with van der Waals surface area (Å²) in [6.45, 7) is 4.14. The first-order valence-corrected chi connectivity index (χ1v) is 10.6. The molecule has 1 amide bonds. The minimum Gasteiger partial charge on any atom is -0.375 e. The summed E-state index contributed by atoms with van der Waals surface area (Å²) in [5.74, 6) is 0.394. The second-order valence-corrected chi connectivity index (χ2v) is 8.45. The minimum atomic E-state index is -0.262. The monoisotopic (exact) mass is 411 g/mol. The van der Waals surface area contributed by atoms with Crippen molar-refractivity contribution in [3.8, 4) is 0 Å². The van der Waals surface area contributed by atoms with Gasteiger partial charge in [0.15, 0.2) is 0 Å². The normalized spacial score (nSPS) is 23.7. The van der Waals surface area contributed by atoms with E-state index in [0.29, 0.717) is 24.9 Å². The molecule has 0 saturated carbocycles. The van der Waals surface area contributed by atoms with Crippen molar-refractivity contribution >= 4 is 5.91 Å². The van der Waals surface area contributed by atoms with Crippen molar-refractivity contribution in [2.45, 2.75) is 19.0 Å². The molecule has 30 heavy (non-hydrogen) atoms. The highest BCUT2D eigenvalue weighted by Gasteiger charge is 2.48. The molecule has 0 spiro atoms. The lowest BCUT2D eigenvalue weighted by molar-refractivity contribution is -0.136. The number of rotatable bonds is 7. The van der Waals surface area contributed by atoms with E-state index in [4.69, 9.17) is 10.5 Å². The molecule has 4 rings (SSSR count). The number of hydrogen-bond donors (Lipinski definition) is 1. The molecule has 2 saturated heterocycles. The van der Waals surface area contributed by atoms with E-state index in [9.17, 15) is 9.18 Å². The number of fused-ring (bicyclic) bond motifs is 1. The molecule has 2 aliphatic heterocycles. The van der Waals surface area contributed by atoms with Crippen molar-refractivity contribution in [2.75, 3.05) is 39.9 Å². The lowest BCUT2D eigenvalue weighted by Crippen LogP contribution is -2.37. The summed E-state index contributed by atoms with van der Waals surface area (Å²) in [6, 6.07) is 15.2. The number of nitrogens with two attached hydrogens (primary N) is 1. The van der Waals surface area contributed by atoms with Gasteiger partial charge in [0.25, 0.3) is 0 Å². The lowest BCUT2D eigenvalue weighted by atomic mass is 9.89. The number of carbonyl (C=O) groups excluding carboxylic acids is 1. The highest BCUT2D eigenvalue weighted by molar-refractivity contribution is 5.78. The van der Waals surface area contributed by atoms with Gasteiger partial charge in [-0.1, -0.05) is 36.4 Å². The SMILES string of the molecule is COCC(=O)N1C[C@H]2CN(Cc3ccc(CCN)cc3)C[C@H]2[C@@H]1c1cccc(F)c1. The Bertz CT molecular complexity index is 873.